The number of anilines is 1. The molecule has 0 amide bonds. The summed E-state index contributed by atoms with van der Waals surface area (Å²) in [7, 11) is -2.98. The molecule has 0 aromatic heterocycles. The van der Waals surface area contributed by atoms with Gasteiger partial charge in [0, 0.05) is 11.6 Å². The van der Waals surface area contributed by atoms with Gasteiger partial charge in [0.15, 0.2) is 11.6 Å². The zero-order valence-electron chi connectivity index (χ0n) is 18.8. The lowest BCUT2D eigenvalue weighted by atomic mass is 10.1. The van der Waals surface area contributed by atoms with Crippen LogP contribution in [-0.4, -0.2) is 39.4 Å². The minimum absolute atomic E-state index is 0.189. The number of halogens is 3. The fourth-order valence-electron chi connectivity index (χ4n) is 3.84. The van der Waals surface area contributed by atoms with E-state index in [2.05, 4.69) is 0 Å². The van der Waals surface area contributed by atoms with E-state index in [0.717, 1.165) is 22.5 Å². The second kappa shape index (κ2) is 9.85. The molecule has 1 N–H and O–H groups in total. The standard InChI is InChI=1S/C25H22ClF2NO5S/c1-15-25(14-30)34-23-11-7-16(6-9-18-19(26)4-3-5-20(18)27)12-22(23)29(15)35(31,32)17-8-10-21(28)24(13-17)33-2/h3-13,15,25,30H,14H2,1-2H3/t15-,25+/m1/s1. The number of sulfonamides is 1. The van der Waals surface area contributed by atoms with Crippen molar-refractivity contribution in [3.63, 3.8) is 0 Å². The monoisotopic (exact) mass is 521 g/mol. The summed E-state index contributed by atoms with van der Waals surface area (Å²) in [5.74, 6) is -1.18. The third kappa shape index (κ3) is 4.71. The second-order valence-corrected chi connectivity index (χ2v) is 10.1. The average molecular weight is 522 g/mol. The summed E-state index contributed by atoms with van der Waals surface area (Å²) < 4.78 is 67.4. The van der Waals surface area contributed by atoms with E-state index in [-0.39, 0.29) is 32.7 Å². The van der Waals surface area contributed by atoms with Gasteiger partial charge in [-0.3, -0.25) is 4.31 Å². The minimum Gasteiger partial charge on any atom is -0.494 e. The zero-order valence-corrected chi connectivity index (χ0v) is 20.4. The van der Waals surface area contributed by atoms with Gasteiger partial charge in [-0.25, -0.2) is 17.2 Å². The molecule has 2 atom stereocenters. The summed E-state index contributed by atoms with van der Waals surface area (Å²) in [5, 5.41) is 10.0. The number of fused-ring (bicyclic) bond motifs is 1. The van der Waals surface area contributed by atoms with Crippen LogP contribution < -0.4 is 13.8 Å². The van der Waals surface area contributed by atoms with Gasteiger partial charge in [0.2, 0.25) is 0 Å². The lowest BCUT2D eigenvalue weighted by Crippen LogP contribution is -2.52. The summed E-state index contributed by atoms with van der Waals surface area (Å²) in [5.41, 5.74) is 0.963. The molecule has 10 heteroatoms. The molecule has 35 heavy (non-hydrogen) atoms. The maximum atomic E-state index is 14.2. The predicted octanol–water partition coefficient (Wildman–Crippen LogP) is 5.13. The number of ether oxygens (including phenoxy) is 2. The maximum Gasteiger partial charge on any atom is 0.264 e. The van der Waals surface area contributed by atoms with Crippen LogP contribution in [0, 0.1) is 11.6 Å². The molecule has 3 aromatic rings. The SMILES string of the molecule is COc1cc(S(=O)(=O)N2c3cc(C=Cc4c(F)cccc4Cl)ccc3O[C@@H](CO)[C@H]2C)ccc1F. The predicted molar refractivity (Wildman–Crippen MR) is 130 cm³/mol. The molecule has 0 saturated carbocycles. The number of aliphatic hydroxyl groups is 1. The van der Waals surface area contributed by atoms with E-state index < -0.39 is 40.4 Å². The molecule has 0 spiro atoms. The molecule has 0 aliphatic carbocycles. The van der Waals surface area contributed by atoms with Gasteiger partial charge in [-0.15, -0.1) is 0 Å². The summed E-state index contributed by atoms with van der Waals surface area (Å²) in [6, 6.07) is 11.6. The molecule has 184 valence electrons. The van der Waals surface area contributed by atoms with E-state index in [1.165, 1.54) is 25.3 Å². The van der Waals surface area contributed by atoms with Crippen LogP contribution in [0.4, 0.5) is 14.5 Å². The Labute approximate surface area is 207 Å². The number of hydrogen-bond donors (Lipinski definition) is 1. The Hall–Kier alpha value is -3.14. The number of rotatable bonds is 6. The fraction of sp³-hybridized carbons (Fsp3) is 0.200. The van der Waals surface area contributed by atoms with Gasteiger partial charge < -0.3 is 14.6 Å². The molecule has 0 fully saturated rings. The first-order chi connectivity index (χ1) is 16.7. The van der Waals surface area contributed by atoms with Crippen molar-refractivity contribution in [2.75, 3.05) is 18.0 Å². The van der Waals surface area contributed by atoms with Crippen molar-refractivity contribution >= 4 is 39.5 Å². The van der Waals surface area contributed by atoms with Gasteiger partial charge in [-0.2, -0.15) is 0 Å². The Balaban J connectivity index is 1.81. The molecule has 0 radical (unpaired) electrons. The lowest BCUT2D eigenvalue weighted by Gasteiger charge is -2.40. The van der Waals surface area contributed by atoms with Crippen LogP contribution in [0.15, 0.2) is 59.5 Å². The van der Waals surface area contributed by atoms with E-state index in [4.69, 9.17) is 21.1 Å². The molecule has 0 saturated heterocycles. The van der Waals surface area contributed by atoms with Crippen LogP contribution in [-0.2, 0) is 10.0 Å². The summed E-state index contributed by atoms with van der Waals surface area (Å²) in [6.45, 7) is 1.18. The quantitative estimate of drug-likeness (QED) is 0.455. The first-order valence-corrected chi connectivity index (χ1v) is 12.4. The highest BCUT2D eigenvalue weighted by Gasteiger charge is 2.40. The smallest absolute Gasteiger partial charge is 0.264 e. The molecular formula is C25H22ClF2NO5S. The van der Waals surface area contributed by atoms with Crippen LogP contribution in [0.3, 0.4) is 0 Å². The fourth-order valence-corrected chi connectivity index (χ4v) is 5.77. The van der Waals surface area contributed by atoms with Crippen molar-refractivity contribution < 1.29 is 31.8 Å². The van der Waals surface area contributed by atoms with Gasteiger partial charge in [0.25, 0.3) is 10.0 Å². The van der Waals surface area contributed by atoms with Crippen molar-refractivity contribution in [1.29, 1.82) is 0 Å². The first-order valence-electron chi connectivity index (χ1n) is 10.6. The van der Waals surface area contributed by atoms with Crippen LogP contribution in [0.5, 0.6) is 11.5 Å². The van der Waals surface area contributed by atoms with Crippen LogP contribution >= 0.6 is 11.6 Å². The topological polar surface area (TPSA) is 76.1 Å². The molecule has 1 aliphatic heterocycles. The van der Waals surface area contributed by atoms with Crippen LogP contribution in [0.25, 0.3) is 12.2 Å². The Morgan fingerprint density at radius 3 is 2.57 bits per heavy atom. The van der Waals surface area contributed by atoms with Gasteiger partial charge in [-0.05, 0) is 55.0 Å². The van der Waals surface area contributed by atoms with Gasteiger partial charge >= 0.3 is 0 Å². The number of aliphatic hydroxyl groups excluding tert-OH is 1. The van der Waals surface area contributed by atoms with Crippen LogP contribution in [0.1, 0.15) is 18.1 Å². The number of nitrogens with zero attached hydrogens (tertiary/aromatic N) is 1. The number of benzene rings is 3. The van der Waals surface area contributed by atoms with Gasteiger partial charge in [0.1, 0.15) is 17.7 Å². The van der Waals surface area contributed by atoms with E-state index in [1.807, 2.05) is 0 Å². The van der Waals surface area contributed by atoms with E-state index in [9.17, 15) is 22.3 Å². The molecule has 1 heterocycles. The number of hydrogen-bond acceptors (Lipinski definition) is 5. The van der Waals surface area contributed by atoms with Crippen molar-refractivity contribution in [3.8, 4) is 11.5 Å². The Kier molecular flexibility index (Phi) is 7.02. The average Bonchev–Trinajstić information content (AvgIpc) is 2.83. The van der Waals surface area contributed by atoms with Crippen molar-refractivity contribution in [1.82, 2.24) is 0 Å². The molecular weight excluding hydrogens is 500 g/mol. The highest BCUT2D eigenvalue weighted by molar-refractivity contribution is 7.92. The van der Waals surface area contributed by atoms with Gasteiger partial charge in [0.05, 0.1) is 35.4 Å². The Bertz CT molecular complexity index is 1380. The van der Waals surface area contributed by atoms with E-state index >= 15 is 0 Å². The maximum absolute atomic E-state index is 14.2. The van der Waals surface area contributed by atoms with E-state index in [1.54, 1.807) is 37.3 Å². The highest BCUT2D eigenvalue weighted by atomic mass is 35.5. The Morgan fingerprint density at radius 1 is 1.11 bits per heavy atom. The summed E-state index contributed by atoms with van der Waals surface area (Å²) in [6.07, 6.45) is 2.25. The lowest BCUT2D eigenvalue weighted by molar-refractivity contribution is 0.0925. The normalized spacial score (nSPS) is 17.8. The minimum atomic E-state index is -4.22. The largest absolute Gasteiger partial charge is 0.494 e. The van der Waals surface area contributed by atoms with Crippen LogP contribution in [0.2, 0.25) is 5.02 Å². The second-order valence-electron chi connectivity index (χ2n) is 7.87. The zero-order chi connectivity index (χ0) is 25.3. The third-order valence-electron chi connectivity index (χ3n) is 5.71. The van der Waals surface area contributed by atoms with Gasteiger partial charge in [-0.1, -0.05) is 29.8 Å². The molecule has 6 nitrogen and oxygen atoms in total. The van der Waals surface area contributed by atoms with Crippen molar-refractivity contribution in [2.45, 2.75) is 24.0 Å². The van der Waals surface area contributed by atoms with E-state index in [0.29, 0.717) is 5.56 Å². The molecule has 3 aromatic carbocycles. The van der Waals surface area contributed by atoms with Crippen molar-refractivity contribution in [2.24, 2.45) is 0 Å². The third-order valence-corrected chi connectivity index (χ3v) is 7.93. The first kappa shape index (κ1) is 25.0. The molecule has 4 rings (SSSR count). The molecule has 0 unspecified atom stereocenters. The number of methoxy groups -OCH3 is 1. The van der Waals surface area contributed by atoms with Crippen molar-refractivity contribution in [3.05, 3.63) is 82.4 Å². The molecule has 0 bridgehead atoms. The summed E-state index contributed by atoms with van der Waals surface area (Å²) in [4.78, 5) is -0.189. The molecule has 1 aliphatic rings. The Morgan fingerprint density at radius 2 is 1.89 bits per heavy atom. The summed E-state index contributed by atoms with van der Waals surface area (Å²) >= 11 is 6.09. The highest BCUT2D eigenvalue weighted by Crippen LogP contribution is 2.41.